The maximum atomic E-state index is 12.3. The van der Waals surface area contributed by atoms with Crippen molar-refractivity contribution in [1.29, 1.82) is 0 Å². The smallest absolute Gasteiger partial charge is 0.252 e. The summed E-state index contributed by atoms with van der Waals surface area (Å²) in [5.41, 5.74) is 3.68. The van der Waals surface area contributed by atoms with E-state index in [1.165, 1.54) is 0 Å². The second kappa shape index (κ2) is 6.84. The minimum Gasteiger partial charge on any atom is -0.361 e. The van der Waals surface area contributed by atoms with Gasteiger partial charge in [-0.05, 0) is 41.8 Å². The molecule has 2 aromatic carbocycles. The number of fused-ring (bicyclic) bond motifs is 2. The summed E-state index contributed by atoms with van der Waals surface area (Å²) in [6.45, 7) is 0.528. The quantitative estimate of drug-likeness (QED) is 0.647. The van der Waals surface area contributed by atoms with E-state index >= 15 is 0 Å². The zero-order chi connectivity index (χ0) is 18.1. The Morgan fingerprint density at radius 1 is 1.19 bits per heavy atom. The Bertz CT molecular complexity index is 996. The molecule has 0 saturated carbocycles. The lowest BCUT2D eigenvalue weighted by Gasteiger charge is -2.12. The number of benzene rings is 2. The van der Waals surface area contributed by atoms with Crippen molar-refractivity contribution in [2.75, 3.05) is 6.54 Å². The molecule has 0 aliphatic carbocycles. The predicted octanol–water partition coefficient (Wildman–Crippen LogP) is 3.35. The monoisotopic (exact) mass is 367 g/mol. The molecule has 2 heterocycles. The molecule has 5 nitrogen and oxygen atoms in total. The SMILES string of the molecule is O=C(CC1NC(=O)c2ccccc21)NCCc1c[nH]c2ccc(Cl)cc12. The van der Waals surface area contributed by atoms with E-state index in [0.29, 0.717) is 23.6 Å². The van der Waals surface area contributed by atoms with E-state index in [1.54, 1.807) is 6.07 Å². The van der Waals surface area contributed by atoms with Crippen LogP contribution in [0.2, 0.25) is 5.02 Å². The summed E-state index contributed by atoms with van der Waals surface area (Å²) in [6.07, 6.45) is 2.89. The average molecular weight is 368 g/mol. The van der Waals surface area contributed by atoms with E-state index < -0.39 is 0 Å². The van der Waals surface area contributed by atoms with Crippen molar-refractivity contribution < 1.29 is 9.59 Å². The summed E-state index contributed by atoms with van der Waals surface area (Å²) in [5.74, 6) is -0.195. The number of nitrogens with one attached hydrogen (secondary N) is 3. The molecule has 0 radical (unpaired) electrons. The van der Waals surface area contributed by atoms with Crippen molar-refractivity contribution in [2.45, 2.75) is 18.9 Å². The van der Waals surface area contributed by atoms with Gasteiger partial charge >= 0.3 is 0 Å². The molecule has 1 atom stereocenters. The first-order chi connectivity index (χ1) is 12.6. The third kappa shape index (κ3) is 3.18. The number of aromatic nitrogens is 1. The Morgan fingerprint density at radius 2 is 2.04 bits per heavy atom. The normalized spacial score (nSPS) is 15.7. The minimum absolute atomic E-state index is 0.0788. The molecule has 0 fully saturated rings. The first-order valence-corrected chi connectivity index (χ1v) is 8.91. The highest BCUT2D eigenvalue weighted by molar-refractivity contribution is 6.31. The van der Waals surface area contributed by atoms with E-state index in [4.69, 9.17) is 11.6 Å². The summed E-state index contributed by atoms with van der Waals surface area (Å²) < 4.78 is 0. The second-order valence-electron chi connectivity index (χ2n) is 6.42. The molecular formula is C20H18ClN3O2. The van der Waals surface area contributed by atoms with Crippen LogP contribution in [0, 0.1) is 0 Å². The van der Waals surface area contributed by atoms with Gasteiger partial charge in [0.05, 0.1) is 12.5 Å². The summed E-state index contributed by atoms with van der Waals surface area (Å²) >= 11 is 6.06. The Morgan fingerprint density at radius 3 is 2.92 bits per heavy atom. The number of amides is 2. The van der Waals surface area contributed by atoms with Crippen LogP contribution in [-0.4, -0.2) is 23.3 Å². The van der Waals surface area contributed by atoms with Crippen LogP contribution in [0.1, 0.15) is 33.9 Å². The summed E-state index contributed by atoms with van der Waals surface area (Å²) in [5, 5.41) is 7.57. The molecule has 0 spiro atoms. The lowest BCUT2D eigenvalue weighted by molar-refractivity contribution is -0.121. The highest BCUT2D eigenvalue weighted by Gasteiger charge is 2.29. The van der Waals surface area contributed by atoms with Gasteiger partial charge in [-0.15, -0.1) is 0 Å². The highest BCUT2D eigenvalue weighted by Crippen LogP contribution is 2.27. The summed E-state index contributed by atoms with van der Waals surface area (Å²) in [4.78, 5) is 27.4. The number of carbonyl (C=O) groups excluding carboxylic acids is 2. The van der Waals surface area contributed by atoms with E-state index in [1.807, 2.05) is 42.6 Å². The molecule has 2 amide bonds. The second-order valence-corrected chi connectivity index (χ2v) is 6.86. The van der Waals surface area contributed by atoms with Crippen LogP contribution in [-0.2, 0) is 11.2 Å². The van der Waals surface area contributed by atoms with Gasteiger partial charge in [0.2, 0.25) is 5.91 Å². The molecule has 3 N–H and O–H groups in total. The van der Waals surface area contributed by atoms with Crippen LogP contribution in [0.25, 0.3) is 10.9 Å². The van der Waals surface area contributed by atoms with E-state index in [0.717, 1.165) is 22.0 Å². The Kier molecular flexibility index (Phi) is 4.39. The molecule has 26 heavy (non-hydrogen) atoms. The van der Waals surface area contributed by atoms with Gasteiger partial charge in [0.15, 0.2) is 0 Å². The van der Waals surface area contributed by atoms with Crippen LogP contribution in [0.15, 0.2) is 48.7 Å². The van der Waals surface area contributed by atoms with Gasteiger partial charge in [-0.3, -0.25) is 9.59 Å². The van der Waals surface area contributed by atoms with Crippen molar-refractivity contribution >= 4 is 34.3 Å². The average Bonchev–Trinajstić information content (AvgIpc) is 3.17. The molecular weight excluding hydrogens is 350 g/mol. The zero-order valence-electron chi connectivity index (χ0n) is 14.0. The maximum Gasteiger partial charge on any atom is 0.252 e. The lowest BCUT2D eigenvalue weighted by atomic mass is 10.0. The third-order valence-corrected chi connectivity index (χ3v) is 4.96. The molecule has 6 heteroatoms. The van der Waals surface area contributed by atoms with Crippen molar-refractivity contribution in [3.05, 3.63) is 70.4 Å². The fraction of sp³-hybridized carbons (Fsp3) is 0.200. The molecule has 132 valence electrons. The molecule has 0 bridgehead atoms. The Balaban J connectivity index is 1.35. The van der Waals surface area contributed by atoms with E-state index in [2.05, 4.69) is 15.6 Å². The summed E-state index contributed by atoms with van der Waals surface area (Å²) in [6, 6.07) is 12.8. The molecule has 1 aliphatic heterocycles. The molecule has 1 aromatic heterocycles. The van der Waals surface area contributed by atoms with Gasteiger partial charge in [-0.25, -0.2) is 0 Å². The molecule has 1 aliphatic rings. The number of halogens is 1. The number of H-pyrrole nitrogens is 1. The van der Waals surface area contributed by atoms with Crippen LogP contribution < -0.4 is 10.6 Å². The van der Waals surface area contributed by atoms with Crippen LogP contribution in [0.4, 0.5) is 0 Å². The summed E-state index contributed by atoms with van der Waals surface area (Å²) in [7, 11) is 0. The van der Waals surface area contributed by atoms with Crippen LogP contribution in [0.5, 0.6) is 0 Å². The van der Waals surface area contributed by atoms with Gasteiger partial charge in [0.25, 0.3) is 5.91 Å². The molecule has 0 saturated heterocycles. The first kappa shape index (κ1) is 16.7. The molecule has 3 aromatic rings. The van der Waals surface area contributed by atoms with Crippen LogP contribution >= 0.6 is 11.6 Å². The molecule has 1 unspecified atom stereocenters. The van der Waals surface area contributed by atoms with Gasteiger partial charge in [-0.2, -0.15) is 0 Å². The standard InChI is InChI=1S/C20H18ClN3O2/c21-13-5-6-17-16(9-13)12(11-23-17)7-8-22-19(25)10-18-14-3-1-2-4-15(14)20(26)24-18/h1-6,9,11,18,23H,7-8,10H2,(H,22,25)(H,24,26). The number of rotatable bonds is 5. The van der Waals surface area contributed by atoms with Gasteiger partial charge in [0.1, 0.15) is 0 Å². The molecule has 4 rings (SSSR count). The number of aromatic amines is 1. The van der Waals surface area contributed by atoms with E-state index in [9.17, 15) is 9.59 Å². The van der Waals surface area contributed by atoms with Crippen LogP contribution in [0.3, 0.4) is 0 Å². The number of carbonyl (C=O) groups is 2. The van der Waals surface area contributed by atoms with Crippen molar-refractivity contribution in [3.8, 4) is 0 Å². The van der Waals surface area contributed by atoms with Crippen molar-refractivity contribution in [1.82, 2.24) is 15.6 Å². The fourth-order valence-corrected chi connectivity index (χ4v) is 3.61. The van der Waals surface area contributed by atoms with Gasteiger partial charge in [0, 0.05) is 34.2 Å². The van der Waals surface area contributed by atoms with Crippen molar-refractivity contribution in [3.63, 3.8) is 0 Å². The Hall–Kier alpha value is -2.79. The predicted molar refractivity (Wildman–Crippen MR) is 101 cm³/mol. The first-order valence-electron chi connectivity index (χ1n) is 8.54. The maximum absolute atomic E-state index is 12.3. The van der Waals surface area contributed by atoms with Crippen molar-refractivity contribution in [2.24, 2.45) is 0 Å². The Labute approximate surface area is 155 Å². The topological polar surface area (TPSA) is 74.0 Å². The van der Waals surface area contributed by atoms with E-state index in [-0.39, 0.29) is 24.3 Å². The lowest BCUT2D eigenvalue weighted by Crippen LogP contribution is -2.30. The zero-order valence-corrected chi connectivity index (χ0v) is 14.8. The van der Waals surface area contributed by atoms with Gasteiger partial charge in [-0.1, -0.05) is 29.8 Å². The number of hydrogen-bond acceptors (Lipinski definition) is 2. The van der Waals surface area contributed by atoms with Gasteiger partial charge < -0.3 is 15.6 Å². The fourth-order valence-electron chi connectivity index (χ4n) is 3.43. The largest absolute Gasteiger partial charge is 0.361 e. The highest BCUT2D eigenvalue weighted by atomic mass is 35.5. The third-order valence-electron chi connectivity index (χ3n) is 4.72. The minimum atomic E-state index is -0.259. The number of hydrogen-bond donors (Lipinski definition) is 3.